The number of hydrogen-bond acceptors (Lipinski definition) is 4. The Morgan fingerprint density at radius 2 is 1.89 bits per heavy atom. The molecule has 0 amide bonds. The number of rotatable bonds is 4. The molecule has 0 fully saturated rings. The highest BCUT2D eigenvalue weighted by Gasteiger charge is 2.02. The van der Waals surface area contributed by atoms with Crippen molar-refractivity contribution in [2.45, 2.75) is 19.4 Å². The number of hydrogen-bond donors (Lipinski definition) is 1. The van der Waals surface area contributed by atoms with Crippen molar-refractivity contribution in [1.82, 2.24) is 4.98 Å². The van der Waals surface area contributed by atoms with E-state index in [-0.39, 0.29) is 6.04 Å². The summed E-state index contributed by atoms with van der Waals surface area (Å²) in [6.07, 6.45) is 2.06. The number of nitrogens with zero attached hydrogens (tertiary/aromatic N) is 2. The van der Waals surface area contributed by atoms with Gasteiger partial charge in [-0.1, -0.05) is 12.1 Å². The van der Waals surface area contributed by atoms with Crippen LogP contribution in [0.25, 0.3) is 0 Å². The van der Waals surface area contributed by atoms with Gasteiger partial charge in [0.05, 0.1) is 24.4 Å². The number of aromatic nitrogens is 1. The molecule has 1 aromatic carbocycles. The second kappa shape index (κ2) is 5.98. The molecule has 0 spiro atoms. The number of ether oxygens (including phenoxy) is 1. The van der Waals surface area contributed by atoms with Gasteiger partial charge >= 0.3 is 0 Å². The first-order valence-corrected chi connectivity index (χ1v) is 6.04. The molecule has 96 valence electrons. The summed E-state index contributed by atoms with van der Waals surface area (Å²) in [4.78, 5) is 4.23. The third-order valence-electron chi connectivity index (χ3n) is 2.67. The largest absolute Gasteiger partial charge is 0.456 e. The first-order chi connectivity index (χ1) is 9.19. The van der Waals surface area contributed by atoms with Gasteiger partial charge in [0, 0.05) is 6.04 Å². The lowest BCUT2D eigenvalue weighted by Crippen LogP contribution is -2.06. The number of benzene rings is 1. The van der Waals surface area contributed by atoms with E-state index in [2.05, 4.69) is 11.1 Å². The maximum Gasteiger partial charge on any atom is 0.145 e. The minimum absolute atomic E-state index is 0.0840. The molecule has 0 radical (unpaired) electrons. The summed E-state index contributed by atoms with van der Waals surface area (Å²) >= 11 is 0. The molecular formula is C15H15N3O. The molecule has 4 nitrogen and oxygen atoms in total. The third-order valence-corrected chi connectivity index (χ3v) is 2.67. The van der Waals surface area contributed by atoms with Gasteiger partial charge in [0.2, 0.25) is 0 Å². The maximum atomic E-state index is 8.60. The van der Waals surface area contributed by atoms with Crippen molar-refractivity contribution in [2.24, 2.45) is 5.73 Å². The Balaban J connectivity index is 2.06. The van der Waals surface area contributed by atoms with E-state index < -0.39 is 0 Å². The average Bonchev–Trinajstić information content (AvgIpc) is 2.42. The Bertz CT molecular complexity index is 568. The van der Waals surface area contributed by atoms with Crippen molar-refractivity contribution in [3.05, 3.63) is 53.9 Å². The molecule has 4 heteroatoms. The summed E-state index contributed by atoms with van der Waals surface area (Å²) < 4.78 is 5.66. The third kappa shape index (κ3) is 3.54. The molecule has 0 saturated heterocycles. The zero-order valence-electron chi connectivity index (χ0n) is 10.7. The van der Waals surface area contributed by atoms with Crippen LogP contribution >= 0.6 is 0 Å². The highest BCUT2D eigenvalue weighted by atomic mass is 16.5. The van der Waals surface area contributed by atoms with Gasteiger partial charge in [-0.25, -0.2) is 0 Å². The molecule has 1 aromatic heterocycles. The van der Waals surface area contributed by atoms with Gasteiger partial charge in [-0.05, 0) is 36.8 Å². The van der Waals surface area contributed by atoms with E-state index in [4.69, 9.17) is 15.7 Å². The van der Waals surface area contributed by atoms with Crippen molar-refractivity contribution in [3.8, 4) is 17.6 Å². The van der Waals surface area contributed by atoms with E-state index in [0.29, 0.717) is 12.2 Å². The van der Waals surface area contributed by atoms with Crippen LogP contribution in [0.5, 0.6) is 11.5 Å². The topological polar surface area (TPSA) is 71.9 Å². The molecule has 1 heterocycles. The van der Waals surface area contributed by atoms with Crippen LogP contribution in [-0.2, 0) is 6.42 Å². The summed E-state index contributed by atoms with van der Waals surface area (Å²) in [5.74, 6) is 1.38. The molecule has 0 bridgehead atoms. The molecule has 1 atom stereocenters. The second-order valence-electron chi connectivity index (χ2n) is 4.29. The van der Waals surface area contributed by atoms with Gasteiger partial charge < -0.3 is 10.5 Å². The van der Waals surface area contributed by atoms with Gasteiger partial charge in [-0.2, -0.15) is 5.26 Å². The first-order valence-electron chi connectivity index (χ1n) is 6.04. The highest BCUT2D eigenvalue weighted by molar-refractivity contribution is 5.33. The number of nitrogens with two attached hydrogens (primary N) is 1. The Kier molecular flexibility index (Phi) is 4.11. The molecule has 0 aliphatic rings. The van der Waals surface area contributed by atoms with Crippen LogP contribution in [0.15, 0.2) is 42.6 Å². The average molecular weight is 253 g/mol. The number of nitriles is 1. The molecule has 2 N–H and O–H groups in total. The fraction of sp³-hybridized carbons (Fsp3) is 0.200. The molecule has 2 aromatic rings. The second-order valence-corrected chi connectivity index (χ2v) is 4.29. The van der Waals surface area contributed by atoms with E-state index in [9.17, 15) is 0 Å². The highest BCUT2D eigenvalue weighted by Crippen LogP contribution is 2.21. The minimum Gasteiger partial charge on any atom is -0.456 e. The smallest absolute Gasteiger partial charge is 0.145 e. The standard InChI is InChI=1S/C15H15N3O/c1-11(17)15-7-6-14(10-18-15)19-13-4-2-12(3-5-13)8-9-16/h2-7,10-11H,8,17H2,1H3/t11-/m1/s1. The fourth-order valence-electron chi connectivity index (χ4n) is 1.62. The van der Waals surface area contributed by atoms with Crippen LogP contribution in [0.2, 0.25) is 0 Å². The van der Waals surface area contributed by atoms with Crippen LogP contribution in [0.1, 0.15) is 24.2 Å². The summed E-state index contributed by atoms with van der Waals surface area (Å²) in [5.41, 5.74) is 7.53. The monoisotopic (exact) mass is 253 g/mol. The molecule has 0 aliphatic heterocycles. The summed E-state index contributed by atoms with van der Waals surface area (Å²) in [7, 11) is 0. The fourth-order valence-corrected chi connectivity index (χ4v) is 1.62. The van der Waals surface area contributed by atoms with Crippen molar-refractivity contribution in [2.75, 3.05) is 0 Å². The van der Waals surface area contributed by atoms with Crippen LogP contribution in [0.3, 0.4) is 0 Å². The number of pyridine rings is 1. The quantitative estimate of drug-likeness (QED) is 0.909. The maximum absolute atomic E-state index is 8.60. The van der Waals surface area contributed by atoms with Crippen molar-refractivity contribution in [3.63, 3.8) is 0 Å². The van der Waals surface area contributed by atoms with Crippen molar-refractivity contribution in [1.29, 1.82) is 5.26 Å². The summed E-state index contributed by atoms with van der Waals surface area (Å²) in [5, 5.41) is 8.60. The lowest BCUT2D eigenvalue weighted by Gasteiger charge is -2.08. The minimum atomic E-state index is -0.0840. The molecule has 0 saturated carbocycles. The Labute approximate surface area is 112 Å². The normalized spacial score (nSPS) is 11.6. The van der Waals surface area contributed by atoms with E-state index >= 15 is 0 Å². The molecule has 0 aliphatic carbocycles. The predicted octanol–water partition coefficient (Wildman–Crippen LogP) is 2.96. The van der Waals surface area contributed by atoms with E-state index in [1.165, 1.54) is 0 Å². The summed E-state index contributed by atoms with van der Waals surface area (Å²) in [6, 6.07) is 13.2. The molecular weight excluding hydrogens is 238 g/mol. The molecule has 2 rings (SSSR count). The SMILES string of the molecule is C[C@@H](N)c1ccc(Oc2ccc(CC#N)cc2)cn1. The molecule has 0 unspecified atom stereocenters. The van der Waals surface area contributed by atoms with Gasteiger partial charge in [0.1, 0.15) is 11.5 Å². The van der Waals surface area contributed by atoms with E-state index in [1.807, 2.05) is 43.3 Å². The Morgan fingerprint density at radius 3 is 2.42 bits per heavy atom. The van der Waals surface area contributed by atoms with Crippen LogP contribution < -0.4 is 10.5 Å². The van der Waals surface area contributed by atoms with Gasteiger partial charge in [-0.15, -0.1) is 0 Å². The lowest BCUT2D eigenvalue weighted by molar-refractivity contribution is 0.479. The van der Waals surface area contributed by atoms with Crippen LogP contribution in [-0.4, -0.2) is 4.98 Å². The van der Waals surface area contributed by atoms with Gasteiger partial charge in [-0.3, -0.25) is 4.98 Å². The van der Waals surface area contributed by atoms with Crippen molar-refractivity contribution < 1.29 is 4.74 Å². The van der Waals surface area contributed by atoms with Crippen molar-refractivity contribution >= 4 is 0 Å². The Hall–Kier alpha value is -2.38. The first kappa shape index (κ1) is 13.1. The Morgan fingerprint density at radius 1 is 1.21 bits per heavy atom. The van der Waals surface area contributed by atoms with E-state index in [0.717, 1.165) is 17.0 Å². The van der Waals surface area contributed by atoms with Gasteiger partial charge in [0.15, 0.2) is 0 Å². The predicted molar refractivity (Wildman–Crippen MR) is 72.7 cm³/mol. The van der Waals surface area contributed by atoms with Gasteiger partial charge in [0.25, 0.3) is 0 Å². The lowest BCUT2D eigenvalue weighted by atomic mass is 10.2. The van der Waals surface area contributed by atoms with Crippen LogP contribution in [0.4, 0.5) is 0 Å². The zero-order chi connectivity index (χ0) is 13.7. The summed E-state index contributed by atoms with van der Waals surface area (Å²) in [6.45, 7) is 1.89. The van der Waals surface area contributed by atoms with E-state index in [1.54, 1.807) is 6.20 Å². The van der Waals surface area contributed by atoms with Crippen LogP contribution in [0, 0.1) is 11.3 Å². The zero-order valence-corrected chi connectivity index (χ0v) is 10.7. The molecule has 19 heavy (non-hydrogen) atoms.